The van der Waals surface area contributed by atoms with E-state index in [4.69, 9.17) is 9.47 Å². The molecular weight excluding hydrogens is 340 g/mol. The Bertz CT molecular complexity index is 727. The lowest BCUT2D eigenvalue weighted by atomic mass is 10.0. The van der Waals surface area contributed by atoms with Crippen molar-refractivity contribution in [2.75, 3.05) is 34.4 Å². The van der Waals surface area contributed by atoms with Crippen LogP contribution in [0.2, 0.25) is 0 Å². The van der Waals surface area contributed by atoms with Gasteiger partial charge in [0.1, 0.15) is 11.5 Å². The lowest BCUT2D eigenvalue weighted by Crippen LogP contribution is -2.34. The number of amides is 1. The van der Waals surface area contributed by atoms with Gasteiger partial charge in [0.05, 0.1) is 19.8 Å². The minimum atomic E-state index is -0.104. The Kier molecular flexibility index (Phi) is 7.67. The fraction of sp³-hybridized carbons (Fsp3) is 0.409. The van der Waals surface area contributed by atoms with Crippen molar-refractivity contribution in [3.05, 3.63) is 59.7 Å². The van der Waals surface area contributed by atoms with Crippen molar-refractivity contribution in [1.82, 2.24) is 10.2 Å². The zero-order chi connectivity index (χ0) is 19.8. The molecule has 5 nitrogen and oxygen atoms in total. The normalized spacial score (nSPS) is 12.1. The van der Waals surface area contributed by atoms with Crippen LogP contribution < -0.4 is 14.8 Å². The van der Waals surface area contributed by atoms with Crippen molar-refractivity contribution in [3.8, 4) is 11.5 Å². The Labute approximate surface area is 162 Å². The number of hydrogen-bond acceptors (Lipinski definition) is 4. The van der Waals surface area contributed by atoms with E-state index in [0.717, 1.165) is 17.1 Å². The van der Waals surface area contributed by atoms with Crippen LogP contribution in [0, 0.1) is 5.92 Å². The highest BCUT2D eigenvalue weighted by atomic mass is 16.5. The number of nitrogens with zero attached hydrogens (tertiary/aromatic N) is 1. The molecule has 0 aromatic heterocycles. The van der Waals surface area contributed by atoms with E-state index in [1.165, 1.54) is 0 Å². The lowest BCUT2D eigenvalue weighted by molar-refractivity contribution is 0.0941. The molecule has 146 valence electrons. The number of carbonyl (C=O) groups is 1. The first kappa shape index (κ1) is 20.8. The minimum absolute atomic E-state index is 0.0127. The molecule has 0 heterocycles. The molecule has 0 radical (unpaired) electrons. The molecule has 5 heteroatoms. The highest BCUT2D eigenvalue weighted by molar-refractivity contribution is 5.94. The maximum atomic E-state index is 12.5. The Morgan fingerprint density at radius 1 is 1.07 bits per heavy atom. The summed E-state index contributed by atoms with van der Waals surface area (Å²) < 4.78 is 11.1. The van der Waals surface area contributed by atoms with Crippen LogP contribution in [0.1, 0.15) is 35.8 Å². The fourth-order valence-electron chi connectivity index (χ4n) is 2.77. The van der Waals surface area contributed by atoms with Crippen molar-refractivity contribution in [3.63, 3.8) is 0 Å². The summed E-state index contributed by atoms with van der Waals surface area (Å²) >= 11 is 0. The number of rotatable bonds is 9. The molecule has 2 aromatic carbocycles. The molecule has 2 rings (SSSR count). The highest BCUT2D eigenvalue weighted by Crippen LogP contribution is 2.27. The van der Waals surface area contributed by atoms with Crippen LogP contribution >= 0.6 is 0 Å². The van der Waals surface area contributed by atoms with Crippen LogP contribution in [0.25, 0.3) is 0 Å². The Balaban J connectivity index is 2.01. The molecule has 0 saturated carbocycles. The zero-order valence-corrected chi connectivity index (χ0v) is 16.9. The number of para-hydroxylation sites is 1. The minimum Gasteiger partial charge on any atom is -0.496 e. The standard InChI is InChI=1S/C22H30N2O3/c1-16(2)15-27-18-12-10-17(11-13-18)22(25)23-14-20(24(3)4)19-8-6-7-9-21(19)26-5/h6-13,16,20H,14-15H2,1-5H3,(H,23,25)/t20-/m1/s1. The van der Waals surface area contributed by atoms with E-state index in [2.05, 4.69) is 24.1 Å². The van der Waals surface area contributed by atoms with E-state index in [0.29, 0.717) is 24.6 Å². The molecular formula is C22H30N2O3. The van der Waals surface area contributed by atoms with Gasteiger partial charge in [0.25, 0.3) is 5.91 Å². The first-order valence-corrected chi connectivity index (χ1v) is 9.22. The van der Waals surface area contributed by atoms with Gasteiger partial charge in [-0.1, -0.05) is 32.0 Å². The second kappa shape index (κ2) is 9.97. The third kappa shape index (κ3) is 6.00. The zero-order valence-electron chi connectivity index (χ0n) is 16.9. The summed E-state index contributed by atoms with van der Waals surface area (Å²) in [4.78, 5) is 14.6. The van der Waals surface area contributed by atoms with Crippen molar-refractivity contribution in [1.29, 1.82) is 0 Å². The predicted octanol–water partition coefficient (Wildman–Crippen LogP) is 3.76. The van der Waals surface area contributed by atoms with Gasteiger partial charge in [0, 0.05) is 17.7 Å². The van der Waals surface area contributed by atoms with Crippen molar-refractivity contribution < 1.29 is 14.3 Å². The molecule has 2 aromatic rings. The second-order valence-electron chi connectivity index (χ2n) is 7.16. The monoisotopic (exact) mass is 370 g/mol. The SMILES string of the molecule is COc1ccccc1[C@@H](CNC(=O)c1ccc(OCC(C)C)cc1)N(C)C. The number of carbonyl (C=O) groups excluding carboxylic acids is 1. The van der Waals surface area contributed by atoms with Gasteiger partial charge in [-0.3, -0.25) is 4.79 Å². The van der Waals surface area contributed by atoms with Crippen LogP contribution in [-0.2, 0) is 0 Å². The molecule has 0 unspecified atom stereocenters. The van der Waals surface area contributed by atoms with Gasteiger partial charge in [-0.15, -0.1) is 0 Å². The van der Waals surface area contributed by atoms with Gasteiger partial charge in [-0.25, -0.2) is 0 Å². The summed E-state index contributed by atoms with van der Waals surface area (Å²) in [6.45, 7) is 5.35. The quantitative estimate of drug-likeness (QED) is 0.730. The molecule has 0 spiro atoms. The number of methoxy groups -OCH3 is 1. The first-order chi connectivity index (χ1) is 12.9. The number of hydrogen-bond donors (Lipinski definition) is 1. The van der Waals surface area contributed by atoms with Gasteiger partial charge in [0.2, 0.25) is 0 Å². The summed E-state index contributed by atoms with van der Waals surface area (Å²) in [6.07, 6.45) is 0. The maximum Gasteiger partial charge on any atom is 0.251 e. The van der Waals surface area contributed by atoms with Crippen molar-refractivity contribution >= 4 is 5.91 Å². The maximum absolute atomic E-state index is 12.5. The summed E-state index contributed by atoms with van der Waals surface area (Å²) in [5.74, 6) is 1.95. The molecule has 0 saturated heterocycles. The topological polar surface area (TPSA) is 50.8 Å². The van der Waals surface area contributed by atoms with Crippen LogP contribution in [0.4, 0.5) is 0 Å². The number of nitrogens with one attached hydrogen (secondary N) is 1. The summed E-state index contributed by atoms with van der Waals surface area (Å²) in [5, 5.41) is 3.02. The molecule has 1 amide bonds. The van der Waals surface area contributed by atoms with Crippen molar-refractivity contribution in [2.45, 2.75) is 19.9 Å². The number of likely N-dealkylation sites (N-methyl/N-ethyl adjacent to an activating group) is 1. The first-order valence-electron chi connectivity index (χ1n) is 9.22. The lowest BCUT2D eigenvalue weighted by Gasteiger charge is -2.26. The van der Waals surface area contributed by atoms with E-state index in [-0.39, 0.29) is 11.9 Å². The molecule has 27 heavy (non-hydrogen) atoms. The summed E-state index contributed by atoms with van der Waals surface area (Å²) in [5.41, 5.74) is 1.66. The molecule has 0 fully saturated rings. The predicted molar refractivity (Wildman–Crippen MR) is 109 cm³/mol. The van der Waals surface area contributed by atoms with Crippen molar-refractivity contribution in [2.24, 2.45) is 5.92 Å². The van der Waals surface area contributed by atoms with Crippen LogP contribution in [0.15, 0.2) is 48.5 Å². The Morgan fingerprint density at radius 2 is 1.74 bits per heavy atom. The molecule has 0 aliphatic heterocycles. The van der Waals surface area contributed by atoms with E-state index < -0.39 is 0 Å². The molecule has 0 aliphatic rings. The summed E-state index contributed by atoms with van der Waals surface area (Å²) in [6, 6.07) is 15.1. The van der Waals surface area contributed by atoms with Gasteiger partial charge in [-0.2, -0.15) is 0 Å². The van der Waals surface area contributed by atoms with E-state index in [9.17, 15) is 4.79 Å². The molecule has 1 atom stereocenters. The van der Waals surface area contributed by atoms with Gasteiger partial charge in [-0.05, 0) is 50.3 Å². The van der Waals surface area contributed by atoms with E-state index in [1.807, 2.05) is 50.5 Å². The van der Waals surface area contributed by atoms with E-state index >= 15 is 0 Å². The molecule has 1 N–H and O–H groups in total. The third-order valence-corrected chi connectivity index (χ3v) is 4.28. The van der Waals surface area contributed by atoms with Gasteiger partial charge < -0.3 is 19.7 Å². The second-order valence-corrected chi connectivity index (χ2v) is 7.16. The highest BCUT2D eigenvalue weighted by Gasteiger charge is 2.19. The average molecular weight is 370 g/mol. The van der Waals surface area contributed by atoms with Crippen LogP contribution in [0.5, 0.6) is 11.5 Å². The van der Waals surface area contributed by atoms with Crippen LogP contribution in [-0.4, -0.2) is 45.2 Å². The largest absolute Gasteiger partial charge is 0.496 e. The molecule has 0 bridgehead atoms. The van der Waals surface area contributed by atoms with Gasteiger partial charge in [0.15, 0.2) is 0 Å². The summed E-state index contributed by atoms with van der Waals surface area (Å²) in [7, 11) is 5.64. The van der Waals surface area contributed by atoms with E-state index in [1.54, 1.807) is 19.2 Å². The molecule has 0 aliphatic carbocycles. The third-order valence-electron chi connectivity index (χ3n) is 4.28. The number of benzene rings is 2. The number of ether oxygens (including phenoxy) is 2. The average Bonchev–Trinajstić information content (AvgIpc) is 2.66. The fourth-order valence-corrected chi connectivity index (χ4v) is 2.77. The Morgan fingerprint density at radius 3 is 2.33 bits per heavy atom. The smallest absolute Gasteiger partial charge is 0.251 e. The van der Waals surface area contributed by atoms with Gasteiger partial charge >= 0.3 is 0 Å². The van der Waals surface area contributed by atoms with Crippen LogP contribution in [0.3, 0.4) is 0 Å². The Hall–Kier alpha value is -2.53.